The highest BCUT2D eigenvalue weighted by molar-refractivity contribution is 6.30. The summed E-state index contributed by atoms with van der Waals surface area (Å²) < 4.78 is 0. The minimum atomic E-state index is -0.0380. The van der Waals surface area contributed by atoms with Crippen LogP contribution in [0.3, 0.4) is 0 Å². The lowest BCUT2D eigenvalue weighted by Crippen LogP contribution is -2.33. The second kappa shape index (κ2) is 9.99. The number of rotatable bonds is 9. The molecule has 134 valence electrons. The van der Waals surface area contributed by atoms with E-state index in [0.717, 1.165) is 42.9 Å². The molecule has 0 spiro atoms. The van der Waals surface area contributed by atoms with Crippen molar-refractivity contribution in [3.63, 3.8) is 0 Å². The zero-order valence-corrected chi connectivity index (χ0v) is 15.6. The molecule has 1 aromatic carbocycles. The average Bonchev–Trinajstić information content (AvgIpc) is 2.61. The number of aromatic nitrogens is 2. The van der Waals surface area contributed by atoms with Crippen molar-refractivity contribution in [2.45, 2.75) is 33.1 Å². The van der Waals surface area contributed by atoms with Crippen LogP contribution in [0.4, 0.5) is 5.82 Å². The first-order chi connectivity index (χ1) is 12.1. The molecule has 1 N–H and O–H groups in total. The van der Waals surface area contributed by atoms with Gasteiger partial charge < -0.3 is 10.2 Å². The molecule has 1 heterocycles. The molecule has 0 bridgehead atoms. The number of carbonyl (C=O) groups excluding carboxylic acids is 1. The van der Waals surface area contributed by atoms with Gasteiger partial charge in [0, 0.05) is 30.7 Å². The second-order valence-electron chi connectivity index (χ2n) is 5.89. The van der Waals surface area contributed by atoms with Gasteiger partial charge in [-0.2, -0.15) is 0 Å². The normalized spacial score (nSPS) is 10.5. The number of hydrogen-bond acceptors (Lipinski definition) is 4. The standard InChI is InChI=1S/C19H25ClN4O/c1-3-10-24(11-4-2)19(25)17-13-18(23-14-22-17)21-9-8-15-6-5-7-16(20)12-15/h5-7,12-14H,3-4,8-11H2,1-2H3,(H,21,22,23). The van der Waals surface area contributed by atoms with Crippen LogP contribution >= 0.6 is 11.6 Å². The zero-order valence-electron chi connectivity index (χ0n) is 14.8. The predicted octanol–water partition coefficient (Wildman–Crippen LogP) is 4.05. The fourth-order valence-electron chi connectivity index (χ4n) is 2.62. The average molecular weight is 361 g/mol. The van der Waals surface area contributed by atoms with Crippen molar-refractivity contribution in [3.8, 4) is 0 Å². The highest BCUT2D eigenvalue weighted by atomic mass is 35.5. The third-order valence-corrected chi connectivity index (χ3v) is 4.00. The Morgan fingerprint density at radius 3 is 2.60 bits per heavy atom. The first kappa shape index (κ1) is 19.2. The lowest BCUT2D eigenvalue weighted by molar-refractivity contribution is 0.0749. The van der Waals surface area contributed by atoms with Gasteiger partial charge in [-0.25, -0.2) is 9.97 Å². The van der Waals surface area contributed by atoms with Crippen molar-refractivity contribution in [1.29, 1.82) is 0 Å². The van der Waals surface area contributed by atoms with E-state index in [1.807, 2.05) is 29.2 Å². The van der Waals surface area contributed by atoms with E-state index in [9.17, 15) is 4.79 Å². The molecule has 0 aliphatic rings. The number of benzene rings is 1. The maximum Gasteiger partial charge on any atom is 0.272 e. The van der Waals surface area contributed by atoms with Crippen molar-refractivity contribution < 1.29 is 4.79 Å². The molecule has 0 aliphatic carbocycles. The summed E-state index contributed by atoms with van der Waals surface area (Å²) in [7, 11) is 0. The van der Waals surface area contributed by atoms with Gasteiger partial charge in [-0.1, -0.05) is 37.6 Å². The quantitative estimate of drug-likeness (QED) is 0.733. The van der Waals surface area contributed by atoms with Crippen molar-refractivity contribution in [2.75, 3.05) is 25.0 Å². The smallest absolute Gasteiger partial charge is 0.272 e. The molecule has 1 amide bonds. The number of nitrogens with one attached hydrogen (secondary N) is 1. The minimum Gasteiger partial charge on any atom is -0.370 e. The van der Waals surface area contributed by atoms with Crippen LogP contribution in [-0.2, 0) is 6.42 Å². The summed E-state index contributed by atoms with van der Waals surface area (Å²) in [5.74, 6) is 0.623. The van der Waals surface area contributed by atoms with E-state index in [0.29, 0.717) is 18.1 Å². The van der Waals surface area contributed by atoms with Gasteiger partial charge in [-0.05, 0) is 37.0 Å². The van der Waals surface area contributed by atoms with Crippen LogP contribution in [0.25, 0.3) is 0 Å². The summed E-state index contributed by atoms with van der Waals surface area (Å²) in [6.07, 6.45) is 4.12. The second-order valence-corrected chi connectivity index (χ2v) is 6.32. The number of halogens is 1. The minimum absolute atomic E-state index is 0.0380. The van der Waals surface area contributed by atoms with Crippen LogP contribution in [0.1, 0.15) is 42.7 Å². The van der Waals surface area contributed by atoms with Crippen molar-refractivity contribution in [1.82, 2.24) is 14.9 Å². The third kappa shape index (κ3) is 6.02. The molecular formula is C19H25ClN4O. The van der Waals surface area contributed by atoms with Gasteiger partial charge in [-0.15, -0.1) is 0 Å². The lowest BCUT2D eigenvalue weighted by Gasteiger charge is -2.21. The Balaban J connectivity index is 1.96. The van der Waals surface area contributed by atoms with Crippen LogP contribution in [0.2, 0.25) is 5.02 Å². The summed E-state index contributed by atoms with van der Waals surface area (Å²) in [5, 5.41) is 3.98. The van der Waals surface area contributed by atoms with Crippen molar-refractivity contribution in [2.24, 2.45) is 0 Å². The highest BCUT2D eigenvalue weighted by Crippen LogP contribution is 2.12. The van der Waals surface area contributed by atoms with E-state index in [4.69, 9.17) is 11.6 Å². The highest BCUT2D eigenvalue weighted by Gasteiger charge is 2.16. The summed E-state index contributed by atoms with van der Waals surface area (Å²) in [4.78, 5) is 22.8. The SMILES string of the molecule is CCCN(CCC)C(=O)c1cc(NCCc2cccc(Cl)c2)ncn1. The Bertz CT molecular complexity index is 687. The Morgan fingerprint density at radius 2 is 1.92 bits per heavy atom. The first-order valence-electron chi connectivity index (χ1n) is 8.73. The van der Waals surface area contributed by atoms with Gasteiger partial charge in [0.1, 0.15) is 17.8 Å². The molecule has 0 saturated carbocycles. The third-order valence-electron chi connectivity index (χ3n) is 3.77. The number of hydrogen-bond donors (Lipinski definition) is 1. The lowest BCUT2D eigenvalue weighted by atomic mass is 10.1. The Labute approximate surface area is 154 Å². The fourth-order valence-corrected chi connectivity index (χ4v) is 2.83. The topological polar surface area (TPSA) is 58.1 Å². The molecule has 0 fully saturated rings. The molecule has 1 aromatic heterocycles. The predicted molar refractivity (Wildman–Crippen MR) is 102 cm³/mol. The van der Waals surface area contributed by atoms with Gasteiger partial charge in [0.05, 0.1) is 0 Å². The molecule has 6 heteroatoms. The van der Waals surface area contributed by atoms with Crippen LogP contribution < -0.4 is 5.32 Å². The van der Waals surface area contributed by atoms with Crippen molar-refractivity contribution in [3.05, 3.63) is 52.9 Å². The van der Waals surface area contributed by atoms with E-state index in [1.54, 1.807) is 6.07 Å². The van der Waals surface area contributed by atoms with Gasteiger partial charge in [-0.3, -0.25) is 4.79 Å². The Hall–Kier alpha value is -2.14. The number of amides is 1. The molecular weight excluding hydrogens is 336 g/mol. The Morgan fingerprint density at radius 1 is 1.16 bits per heavy atom. The number of nitrogens with zero attached hydrogens (tertiary/aromatic N) is 3. The van der Waals surface area contributed by atoms with E-state index >= 15 is 0 Å². The van der Waals surface area contributed by atoms with Crippen LogP contribution in [0.5, 0.6) is 0 Å². The van der Waals surface area contributed by atoms with E-state index < -0.39 is 0 Å². The maximum atomic E-state index is 12.6. The van der Waals surface area contributed by atoms with Gasteiger partial charge in [0.25, 0.3) is 5.91 Å². The molecule has 0 atom stereocenters. The summed E-state index contributed by atoms with van der Waals surface area (Å²) in [6, 6.07) is 9.51. The maximum absolute atomic E-state index is 12.6. The summed E-state index contributed by atoms with van der Waals surface area (Å²) in [5.41, 5.74) is 1.59. The summed E-state index contributed by atoms with van der Waals surface area (Å²) >= 11 is 5.99. The molecule has 0 aliphatic heterocycles. The molecule has 0 unspecified atom stereocenters. The van der Waals surface area contributed by atoms with Gasteiger partial charge in [0.15, 0.2) is 0 Å². The van der Waals surface area contributed by atoms with Crippen LogP contribution in [0.15, 0.2) is 36.7 Å². The van der Waals surface area contributed by atoms with Crippen LogP contribution in [-0.4, -0.2) is 40.4 Å². The monoisotopic (exact) mass is 360 g/mol. The number of anilines is 1. The fraction of sp³-hybridized carbons (Fsp3) is 0.421. The van der Waals surface area contributed by atoms with Gasteiger partial charge in [0.2, 0.25) is 0 Å². The van der Waals surface area contributed by atoms with E-state index in [1.165, 1.54) is 6.33 Å². The molecule has 25 heavy (non-hydrogen) atoms. The van der Waals surface area contributed by atoms with E-state index in [-0.39, 0.29) is 5.91 Å². The van der Waals surface area contributed by atoms with Crippen LogP contribution in [0, 0.1) is 0 Å². The van der Waals surface area contributed by atoms with E-state index in [2.05, 4.69) is 29.1 Å². The molecule has 2 rings (SSSR count). The zero-order chi connectivity index (χ0) is 18.1. The Kier molecular flexibility index (Phi) is 7.67. The molecule has 2 aromatic rings. The largest absolute Gasteiger partial charge is 0.370 e. The molecule has 0 saturated heterocycles. The summed E-state index contributed by atoms with van der Waals surface area (Å²) in [6.45, 7) is 6.33. The van der Waals surface area contributed by atoms with Crippen molar-refractivity contribution >= 4 is 23.3 Å². The van der Waals surface area contributed by atoms with Gasteiger partial charge >= 0.3 is 0 Å². The first-order valence-corrected chi connectivity index (χ1v) is 9.11. The molecule has 5 nitrogen and oxygen atoms in total. The number of carbonyl (C=O) groups is 1. The molecule has 0 radical (unpaired) electrons.